The molecule has 1 amide bonds. The van der Waals surface area contributed by atoms with Gasteiger partial charge in [0.2, 0.25) is 11.8 Å². The summed E-state index contributed by atoms with van der Waals surface area (Å²) in [7, 11) is 0. The van der Waals surface area contributed by atoms with Crippen LogP contribution in [-0.2, 0) is 16.6 Å². The van der Waals surface area contributed by atoms with Gasteiger partial charge >= 0.3 is 0 Å². The lowest BCUT2D eigenvalue weighted by molar-refractivity contribution is -0.116. The van der Waals surface area contributed by atoms with Gasteiger partial charge in [-0.3, -0.25) is 4.79 Å². The maximum Gasteiger partial charge on any atom is 0.227 e. The van der Waals surface area contributed by atoms with Gasteiger partial charge in [-0.25, -0.2) is 4.98 Å². The first kappa shape index (κ1) is 18.3. The summed E-state index contributed by atoms with van der Waals surface area (Å²) in [6.07, 6.45) is 0.653. The summed E-state index contributed by atoms with van der Waals surface area (Å²) in [5, 5.41) is 7.36. The van der Waals surface area contributed by atoms with Crippen LogP contribution in [0.4, 0.5) is 5.13 Å². The molecule has 0 radical (unpaired) electrons. The highest BCUT2D eigenvalue weighted by Gasteiger charge is 2.21. The summed E-state index contributed by atoms with van der Waals surface area (Å²) < 4.78 is 11.7. The minimum Gasteiger partial charge on any atom is -0.494 e. The molecule has 1 N–H and O–H groups in total. The molecule has 0 aliphatic carbocycles. The van der Waals surface area contributed by atoms with Crippen molar-refractivity contribution in [3.63, 3.8) is 0 Å². The van der Waals surface area contributed by atoms with Crippen LogP contribution in [-0.4, -0.2) is 27.6 Å². The first-order valence-corrected chi connectivity index (χ1v) is 9.33. The van der Waals surface area contributed by atoms with Crippen LogP contribution in [0, 0.1) is 0 Å². The zero-order valence-electron chi connectivity index (χ0n) is 15.3. The standard InChI is InChI=1S/C18H22N4O3S/c1-5-24-11-6-7-12-13(10-11)26-17(19-12)20-14(23)8-9-15-21-16(22-25-15)18(2,3)4/h6-7,10H,5,8-9H2,1-4H3,(H,19,20,23). The lowest BCUT2D eigenvalue weighted by Crippen LogP contribution is -2.14. The second-order valence-electron chi connectivity index (χ2n) is 6.89. The van der Waals surface area contributed by atoms with E-state index < -0.39 is 0 Å². The van der Waals surface area contributed by atoms with E-state index in [1.807, 2.05) is 45.9 Å². The van der Waals surface area contributed by atoms with Crippen molar-refractivity contribution < 1.29 is 14.1 Å². The molecule has 2 aromatic heterocycles. The smallest absolute Gasteiger partial charge is 0.227 e. The van der Waals surface area contributed by atoms with E-state index in [9.17, 15) is 4.79 Å². The Morgan fingerprint density at radius 2 is 2.12 bits per heavy atom. The molecule has 0 atom stereocenters. The van der Waals surface area contributed by atoms with Crippen molar-refractivity contribution in [3.05, 3.63) is 29.9 Å². The molecule has 1 aromatic carbocycles. The van der Waals surface area contributed by atoms with Gasteiger partial charge < -0.3 is 14.6 Å². The summed E-state index contributed by atoms with van der Waals surface area (Å²) in [6.45, 7) is 8.59. The quantitative estimate of drug-likeness (QED) is 0.703. The molecule has 0 unspecified atom stereocenters. The molecule has 8 heteroatoms. The number of hydrogen-bond acceptors (Lipinski definition) is 7. The molecule has 3 rings (SSSR count). The average Bonchev–Trinajstić information content (AvgIpc) is 3.18. The number of carbonyl (C=O) groups excluding carboxylic acids is 1. The van der Waals surface area contributed by atoms with E-state index in [0.29, 0.717) is 29.9 Å². The second-order valence-corrected chi connectivity index (χ2v) is 7.92. The van der Waals surface area contributed by atoms with Crippen LogP contribution >= 0.6 is 11.3 Å². The van der Waals surface area contributed by atoms with Gasteiger partial charge in [-0.05, 0) is 25.1 Å². The molecule has 0 saturated heterocycles. The Kier molecular flexibility index (Phi) is 5.22. The molecule has 0 fully saturated rings. The van der Waals surface area contributed by atoms with Crippen molar-refractivity contribution in [2.45, 2.75) is 46.0 Å². The molecule has 0 bridgehead atoms. The number of fused-ring (bicyclic) bond motifs is 1. The number of aryl methyl sites for hydroxylation is 1. The maximum atomic E-state index is 12.2. The van der Waals surface area contributed by atoms with Crippen molar-refractivity contribution in [2.75, 3.05) is 11.9 Å². The molecule has 138 valence electrons. The zero-order chi connectivity index (χ0) is 18.7. The lowest BCUT2D eigenvalue weighted by atomic mass is 9.96. The first-order valence-electron chi connectivity index (χ1n) is 8.51. The third-order valence-electron chi connectivity index (χ3n) is 3.62. The molecule has 2 heterocycles. The Morgan fingerprint density at radius 3 is 2.81 bits per heavy atom. The summed E-state index contributed by atoms with van der Waals surface area (Å²) >= 11 is 1.42. The normalized spacial score (nSPS) is 11.7. The Balaban J connectivity index is 1.59. The van der Waals surface area contributed by atoms with Crippen molar-refractivity contribution in [1.29, 1.82) is 0 Å². The topological polar surface area (TPSA) is 90.1 Å². The number of nitrogens with zero attached hydrogens (tertiary/aromatic N) is 3. The van der Waals surface area contributed by atoms with Gasteiger partial charge in [-0.1, -0.05) is 37.3 Å². The van der Waals surface area contributed by atoms with Crippen molar-refractivity contribution >= 4 is 32.6 Å². The van der Waals surface area contributed by atoms with Crippen LogP contribution in [0.3, 0.4) is 0 Å². The summed E-state index contributed by atoms with van der Waals surface area (Å²) in [4.78, 5) is 20.9. The zero-order valence-corrected chi connectivity index (χ0v) is 16.1. The fourth-order valence-corrected chi connectivity index (χ4v) is 3.19. The number of ether oxygens (including phenoxy) is 1. The molecule has 0 saturated carbocycles. The predicted octanol–water partition coefficient (Wildman–Crippen LogP) is 3.95. The number of nitrogens with one attached hydrogen (secondary N) is 1. The highest BCUT2D eigenvalue weighted by Crippen LogP contribution is 2.29. The van der Waals surface area contributed by atoms with Crippen LogP contribution in [0.25, 0.3) is 10.2 Å². The SMILES string of the molecule is CCOc1ccc2nc(NC(=O)CCc3nc(C(C)(C)C)no3)sc2c1. The van der Waals surface area contributed by atoms with Gasteiger partial charge in [0.1, 0.15) is 5.75 Å². The van der Waals surface area contributed by atoms with E-state index in [4.69, 9.17) is 9.26 Å². The first-order chi connectivity index (χ1) is 12.3. The predicted molar refractivity (Wildman–Crippen MR) is 101 cm³/mol. The summed E-state index contributed by atoms with van der Waals surface area (Å²) in [6, 6.07) is 5.69. The number of amides is 1. The highest BCUT2D eigenvalue weighted by atomic mass is 32.1. The van der Waals surface area contributed by atoms with E-state index in [1.54, 1.807) is 0 Å². The van der Waals surface area contributed by atoms with Gasteiger partial charge in [0, 0.05) is 18.3 Å². The van der Waals surface area contributed by atoms with Crippen LogP contribution in [0.2, 0.25) is 0 Å². The molecule has 7 nitrogen and oxygen atoms in total. The molecular formula is C18H22N4O3S. The third-order valence-corrected chi connectivity index (χ3v) is 4.56. The fourth-order valence-electron chi connectivity index (χ4n) is 2.28. The van der Waals surface area contributed by atoms with Gasteiger partial charge in [0.15, 0.2) is 11.0 Å². The molecule has 0 aliphatic heterocycles. The Labute approximate surface area is 155 Å². The van der Waals surface area contributed by atoms with Crippen molar-refractivity contribution in [2.24, 2.45) is 0 Å². The Bertz CT molecular complexity index is 911. The van der Waals surface area contributed by atoms with Gasteiger partial charge in [0.05, 0.1) is 16.8 Å². The van der Waals surface area contributed by atoms with Crippen LogP contribution in [0.1, 0.15) is 45.8 Å². The average molecular weight is 374 g/mol. The Morgan fingerprint density at radius 1 is 1.31 bits per heavy atom. The number of carbonyl (C=O) groups is 1. The number of benzene rings is 1. The fraction of sp³-hybridized carbons (Fsp3) is 0.444. The second kappa shape index (κ2) is 7.41. The number of anilines is 1. The molecule has 26 heavy (non-hydrogen) atoms. The van der Waals surface area contributed by atoms with Crippen LogP contribution < -0.4 is 10.1 Å². The lowest BCUT2D eigenvalue weighted by Gasteiger charge is -2.10. The van der Waals surface area contributed by atoms with E-state index >= 15 is 0 Å². The summed E-state index contributed by atoms with van der Waals surface area (Å²) in [5.41, 5.74) is 0.659. The van der Waals surface area contributed by atoms with Crippen molar-refractivity contribution in [3.8, 4) is 5.75 Å². The highest BCUT2D eigenvalue weighted by molar-refractivity contribution is 7.22. The number of thiazole rings is 1. The number of rotatable bonds is 6. The minimum absolute atomic E-state index is 0.135. The molecule has 0 spiro atoms. The third kappa shape index (κ3) is 4.37. The van der Waals surface area contributed by atoms with Gasteiger partial charge in [-0.2, -0.15) is 4.98 Å². The molecular weight excluding hydrogens is 352 g/mol. The van der Waals surface area contributed by atoms with Crippen LogP contribution in [0.15, 0.2) is 22.7 Å². The Hall–Kier alpha value is -2.48. The summed E-state index contributed by atoms with van der Waals surface area (Å²) in [5.74, 6) is 1.78. The van der Waals surface area contributed by atoms with Crippen LogP contribution in [0.5, 0.6) is 5.75 Å². The minimum atomic E-state index is -0.175. The number of aromatic nitrogens is 3. The monoisotopic (exact) mass is 374 g/mol. The molecule has 0 aliphatic rings. The van der Waals surface area contributed by atoms with E-state index in [1.165, 1.54) is 11.3 Å². The van der Waals surface area contributed by atoms with Gasteiger partial charge in [0.25, 0.3) is 0 Å². The largest absolute Gasteiger partial charge is 0.494 e. The number of hydrogen-bond donors (Lipinski definition) is 1. The van der Waals surface area contributed by atoms with Gasteiger partial charge in [-0.15, -0.1) is 0 Å². The maximum absolute atomic E-state index is 12.2. The van der Waals surface area contributed by atoms with E-state index in [2.05, 4.69) is 20.4 Å². The van der Waals surface area contributed by atoms with E-state index in [-0.39, 0.29) is 17.7 Å². The van der Waals surface area contributed by atoms with Crippen molar-refractivity contribution in [1.82, 2.24) is 15.1 Å². The molecule has 3 aromatic rings. The van der Waals surface area contributed by atoms with E-state index in [0.717, 1.165) is 16.0 Å².